The quantitative estimate of drug-likeness (QED) is 0.377. The molecule has 128 valence electrons. The lowest BCUT2D eigenvalue weighted by Crippen LogP contribution is -2.09. The van der Waals surface area contributed by atoms with Crippen molar-refractivity contribution in [3.8, 4) is 0 Å². The number of rotatable bonds is 6. The van der Waals surface area contributed by atoms with Gasteiger partial charge in [-0.25, -0.2) is 4.79 Å². The fourth-order valence-corrected chi connectivity index (χ4v) is 3.19. The van der Waals surface area contributed by atoms with E-state index in [1.54, 1.807) is 0 Å². The molecule has 0 amide bonds. The number of carbonyl (C=O) groups is 1. The van der Waals surface area contributed by atoms with Crippen LogP contribution in [0.3, 0.4) is 0 Å². The van der Waals surface area contributed by atoms with E-state index in [1.807, 2.05) is 55.5 Å². The first kappa shape index (κ1) is 17.3. The van der Waals surface area contributed by atoms with E-state index < -0.39 is 5.63 Å². The summed E-state index contributed by atoms with van der Waals surface area (Å²) in [7, 11) is 0. The smallest absolute Gasteiger partial charge is 0.336 e. The molecule has 2 aromatic carbocycles. The second-order valence-electron chi connectivity index (χ2n) is 5.54. The number of hydrogen-bond acceptors (Lipinski definition) is 5. The molecule has 0 bridgehead atoms. The van der Waals surface area contributed by atoms with E-state index in [9.17, 15) is 9.59 Å². The van der Waals surface area contributed by atoms with Gasteiger partial charge in [0.2, 0.25) is 0 Å². The van der Waals surface area contributed by atoms with Crippen molar-refractivity contribution in [1.29, 1.82) is 0 Å². The summed E-state index contributed by atoms with van der Waals surface area (Å²) in [5.41, 5.74) is 1.83. The van der Waals surface area contributed by atoms with E-state index in [4.69, 9.17) is 9.15 Å². The van der Waals surface area contributed by atoms with E-state index in [0.717, 1.165) is 22.3 Å². The van der Waals surface area contributed by atoms with Crippen LogP contribution in [0.4, 0.5) is 0 Å². The molecular weight excluding hydrogens is 336 g/mol. The molecule has 5 heteroatoms. The van der Waals surface area contributed by atoms with Crippen LogP contribution < -0.4 is 5.63 Å². The summed E-state index contributed by atoms with van der Waals surface area (Å²) in [5, 5.41) is 0.792. The average molecular weight is 354 g/mol. The van der Waals surface area contributed by atoms with Gasteiger partial charge in [0, 0.05) is 21.9 Å². The van der Waals surface area contributed by atoms with Crippen LogP contribution in [0.1, 0.15) is 18.1 Å². The van der Waals surface area contributed by atoms with Crippen molar-refractivity contribution >= 4 is 28.7 Å². The molecular formula is C20H18O4S. The van der Waals surface area contributed by atoms with Gasteiger partial charge in [0.05, 0.1) is 5.75 Å². The van der Waals surface area contributed by atoms with E-state index in [1.165, 1.54) is 17.8 Å². The Bertz CT molecular complexity index is 931. The molecule has 0 aliphatic heterocycles. The van der Waals surface area contributed by atoms with Crippen LogP contribution in [0.25, 0.3) is 11.0 Å². The van der Waals surface area contributed by atoms with Crippen molar-refractivity contribution in [2.24, 2.45) is 0 Å². The van der Waals surface area contributed by atoms with Gasteiger partial charge >= 0.3 is 11.6 Å². The third kappa shape index (κ3) is 4.51. The summed E-state index contributed by atoms with van der Waals surface area (Å²) in [4.78, 5) is 24.7. The first-order valence-electron chi connectivity index (χ1n) is 8.05. The standard InChI is InChI=1S/C20H18O4S/c1-2-14-8-9-17-15(11-19(21)24-18(17)10-14)12-23-20(22)13-25-16-6-4-3-5-7-16/h3-11H,2,12-13H2,1H3. The summed E-state index contributed by atoms with van der Waals surface area (Å²) in [6.45, 7) is 2.09. The number of carbonyl (C=O) groups excluding carboxylic acids is 1. The van der Waals surface area contributed by atoms with Gasteiger partial charge in [-0.2, -0.15) is 0 Å². The zero-order chi connectivity index (χ0) is 17.6. The Hall–Kier alpha value is -2.53. The molecule has 0 radical (unpaired) electrons. The molecule has 1 heterocycles. The number of fused-ring (bicyclic) bond motifs is 1. The molecule has 0 unspecified atom stereocenters. The van der Waals surface area contributed by atoms with Crippen LogP contribution in [0.15, 0.2) is 68.7 Å². The van der Waals surface area contributed by atoms with Crippen molar-refractivity contribution in [2.45, 2.75) is 24.8 Å². The highest BCUT2D eigenvalue weighted by molar-refractivity contribution is 8.00. The van der Waals surface area contributed by atoms with Crippen molar-refractivity contribution in [1.82, 2.24) is 0 Å². The van der Waals surface area contributed by atoms with Crippen LogP contribution in [-0.4, -0.2) is 11.7 Å². The maximum absolute atomic E-state index is 12.0. The molecule has 1 aromatic heterocycles. The third-order valence-corrected chi connectivity index (χ3v) is 4.78. The fourth-order valence-electron chi connectivity index (χ4n) is 2.47. The third-order valence-electron chi connectivity index (χ3n) is 3.79. The molecule has 0 N–H and O–H groups in total. The lowest BCUT2D eigenvalue weighted by molar-refractivity contribution is -0.141. The summed E-state index contributed by atoms with van der Waals surface area (Å²) >= 11 is 1.42. The first-order valence-corrected chi connectivity index (χ1v) is 9.03. The second-order valence-corrected chi connectivity index (χ2v) is 6.59. The van der Waals surface area contributed by atoms with Gasteiger partial charge in [-0.3, -0.25) is 4.79 Å². The number of aryl methyl sites for hydroxylation is 1. The number of benzene rings is 2. The molecule has 0 saturated heterocycles. The summed E-state index contributed by atoms with van der Waals surface area (Å²) in [6, 6.07) is 16.8. The molecule has 0 aliphatic carbocycles. The fraction of sp³-hybridized carbons (Fsp3) is 0.200. The molecule has 0 fully saturated rings. The van der Waals surface area contributed by atoms with Crippen molar-refractivity contribution in [2.75, 3.05) is 5.75 Å². The van der Waals surface area contributed by atoms with Gasteiger partial charge in [-0.15, -0.1) is 11.8 Å². The van der Waals surface area contributed by atoms with Gasteiger partial charge in [-0.05, 0) is 30.2 Å². The first-order chi connectivity index (χ1) is 12.2. The predicted molar refractivity (Wildman–Crippen MR) is 98.8 cm³/mol. The topological polar surface area (TPSA) is 56.5 Å². The normalized spacial score (nSPS) is 10.8. The predicted octanol–water partition coefficient (Wildman–Crippen LogP) is 4.19. The Morgan fingerprint density at radius 1 is 1.12 bits per heavy atom. The Morgan fingerprint density at radius 2 is 1.92 bits per heavy atom. The maximum Gasteiger partial charge on any atom is 0.336 e. The van der Waals surface area contributed by atoms with Crippen molar-refractivity contribution in [3.63, 3.8) is 0 Å². The summed E-state index contributed by atoms with van der Waals surface area (Å²) < 4.78 is 10.6. The van der Waals surface area contributed by atoms with Gasteiger partial charge in [0.25, 0.3) is 0 Å². The van der Waals surface area contributed by atoms with Crippen LogP contribution in [0.2, 0.25) is 0 Å². The molecule has 0 aliphatic rings. The molecule has 3 rings (SSSR count). The van der Waals surface area contributed by atoms with Crippen molar-refractivity contribution < 1.29 is 13.9 Å². The van der Waals surface area contributed by atoms with Crippen LogP contribution in [0, 0.1) is 0 Å². The van der Waals surface area contributed by atoms with Crippen molar-refractivity contribution in [3.05, 3.63) is 76.1 Å². The highest BCUT2D eigenvalue weighted by Gasteiger charge is 2.10. The van der Waals surface area contributed by atoms with Gasteiger partial charge in [-0.1, -0.05) is 37.3 Å². The van der Waals surface area contributed by atoms with E-state index in [-0.39, 0.29) is 18.3 Å². The maximum atomic E-state index is 12.0. The zero-order valence-corrected chi connectivity index (χ0v) is 14.7. The number of ether oxygens (including phenoxy) is 1. The highest BCUT2D eigenvalue weighted by atomic mass is 32.2. The average Bonchev–Trinajstić information content (AvgIpc) is 2.64. The SMILES string of the molecule is CCc1ccc2c(COC(=O)CSc3ccccc3)cc(=O)oc2c1. The van der Waals surface area contributed by atoms with Gasteiger partial charge < -0.3 is 9.15 Å². The highest BCUT2D eigenvalue weighted by Crippen LogP contribution is 2.21. The Morgan fingerprint density at radius 3 is 2.68 bits per heavy atom. The lowest BCUT2D eigenvalue weighted by atomic mass is 10.1. The lowest BCUT2D eigenvalue weighted by Gasteiger charge is -2.08. The number of esters is 1. The summed E-state index contributed by atoms with van der Waals surface area (Å²) in [6.07, 6.45) is 0.857. The second kappa shape index (κ2) is 8.03. The Labute approximate surface area is 149 Å². The van der Waals surface area contributed by atoms with E-state index in [2.05, 4.69) is 0 Å². The Kier molecular flexibility index (Phi) is 5.56. The molecule has 0 atom stereocenters. The molecule has 3 aromatic rings. The van der Waals surface area contributed by atoms with E-state index >= 15 is 0 Å². The van der Waals surface area contributed by atoms with Crippen LogP contribution >= 0.6 is 11.8 Å². The van der Waals surface area contributed by atoms with Crippen LogP contribution in [0.5, 0.6) is 0 Å². The molecule has 0 saturated carbocycles. The van der Waals surface area contributed by atoms with Gasteiger partial charge in [0.15, 0.2) is 0 Å². The monoisotopic (exact) mass is 354 g/mol. The molecule has 0 spiro atoms. The minimum absolute atomic E-state index is 0.0573. The molecule has 25 heavy (non-hydrogen) atoms. The largest absolute Gasteiger partial charge is 0.460 e. The number of hydrogen-bond donors (Lipinski definition) is 0. The minimum Gasteiger partial charge on any atom is -0.460 e. The minimum atomic E-state index is -0.439. The number of thioether (sulfide) groups is 1. The van der Waals surface area contributed by atoms with Crippen LogP contribution in [-0.2, 0) is 22.6 Å². The zero-order valence-electron chi connectivity index (χ0n) is 13.9. The Balaban J connectivity index is 1.68. The summed E-state index contributed by atoms with van der Waals surface area (Å²) in [5.74, 6) is -0.0935. The van der Waals surface area contributed by atoms with Gasteiger partial charge in [0.1, 0.15) is 12.2 Å². The van der Waals surface area contributed by atoms with E-state index in [0.29, 0.717) is 11.1 Å². The molecule has 4 nitrogen and oxygen atoms in total.